The van der Waals surface area contributed by atoms with Crippen LogP contribution in [-0.2, 0) is 11.2 Å². The van der Waals surface area contributed by atoms with Crippen molar-refractivity contribution in [2.75, 3.05) is 7.05 Å². The average Bonchev–Trinajstić information content (AvgIpc) is 2.40. The average molecular weight is 296 g/mol. The van der Waals surface area contributed by atoms with Crippen LogP contribution in [0.5, 0.6) is 11.5 Å². The zero-order valence-corrected chi connectivity index (χ0v) is 12.2. The molecule has 0 aliphatic rings. The summed E-state index contributed by atoms with van der Waals surface area (Å²) >= 11 is 0. The van der Waals surface area contributed by atoms with Crippen molar-refractivity contribution >= 4 is 12.0 Å². The van der Waals surface area contributed by atoms with Crippen molar-refractivity contribution < 1.29 is 24.9 Å². The summed E-state index contributed by atoms with van der Waals surface area (Å²) in [5.41, 5.74) is 0.491. The van der Waals surface area contributed by atoms with E-state index >= 15 is 0 Å². The van der Waals surface area contributed by atoms with Gasteiger partial charge in [-0.25, -0.2) is 9.59 Å². The van der Waals surface area contributed by atoms with E-state index in [-0.39, 0.29) is 24.0 Å². The first kappa shape index (κ1) is 16.6. The van der Waals surface area contributed by atoms with Crippen molar-refractivity contribution in [2.45, 2.75) is 32.4 Å². The van der Waals surface area contributed by atoms with E-state index in [1.165, 1.54) is 23.1 Å². The summed E-state index contributed by atoms with van der Waals surface area (Å²) in [6.45, 7) is 3.63. The molecule has 7 nitrogen and oxygen atoms in total. The number of phenolic OH excluding ortho intramolecular Hbond substituents is 2. The van der Waals surface area contributed by atoms with Gasteiger partial charge in [0.25, 0.3) is 0 Å². The number of carboxylic acid groups (broad SMARTS) is 1. The van der Waals surface area contributed by atoms with Crippen LogP contribution >= 0.6 is 0 Å². The van der Waals surface area contributed by atoms with E-state index in [9.17, 15) is 24.9 Å². The lowest BCUT2D eigenvalue weighted by Gasteiger charge is -2.24. The molecule has 1 aromatic rings. The summed E-state index contributed by atoms with van der Waals surface area (Å²) in [6, 6.07) is 2.36. The molecule has 2 amide bonds. The van der Waals surface area contributed by atoms with E-state index in [1.54, 1.807) is 7.05 Å². The number of carbonyl (C=O) groups is 2. The van der Waals surface area contributed by atoms with Crippen LogP contribution in [0.4, 0.5) is 4.79 Å². The Kier molecular flexibility index (Phi) is 5.40. The van der Waals surface area contributed by atoms with Crippen LogP contribution in [0.2, 0.25) is 0 Å². The van der Waals surface area contributed by atoms with E-state index in [1.807, 2.05) is 13.8 Å². The number of aliphatic carboxylic acids is 1. The van der Waals surface area contributed by atoms with Gasteiger partial charge in [0.2, 0.25) is 0 Å². The molecular formula is C14H20N2O5. The summed E-state index contributed by atoms with van der Waals surface area (Å²) in [5.74, 6) is -1.79. The molecular weight excluding hydrogens is 276 g/mol. The molecule has 0 unspecified atom stereocenters. The van der Waals surface area contributed by atoms with Gasteiger partial charge in [-0.3, -0.25) is 0 Å². The van der Waals surface area contributed by atoms with Crippen LogP contribution in [0.15, 0.2) is 18.2 Å². The molecule has 116 valence electrons. The number of benzene rings is 1. The Morgan fingerprint density at radius 3 is 2.33 bits per heavy atom. The third kappa shape index (κ3) is 4.55. The second kappa shape index (κ2) is 6.83. The topological polar surface area (TPSA) is 110 Å². The van der Waals surface area contributed by atoms with Gasteiger partial charge in [0.05, 0.1) is 0 Å². The van der Waals surface area contributed by atoms with Crippen LogP contribution in [0.3, 0.4) is 0 Å². The lowest BCUT2D eigenvalue weighted by atomic mass is 10.1. The molecule has 0 heterocycles. The number of amides is 2. The monoisotopic (exact) mass is 296 g/mol. The number of nitrogens with zero attached hydrogens (tertiary/aromatic N) is 1. The van der Waals surface area contributed by atoms with E-state index in [0.717, 1.165) is 0 Å². The molecule has 1 rings (SSSR count). The highest BCUT2D eigenvalue weighted by Crippen LogP contribution is 2.25. The van der Waals surface area contributed by atoms with Gasteiger partial charge in [-0.2, -0.15) is 0 Å². The predicted molar refractivity (Wildman–Crippen MR) is 76.3 cm³/mol. The Bertz CT molecular complexity index is 530. The van der Waals surface area contributed by atoms with Gasteiger partial charge in [-0.05, 0) is 31.5 Å². The number of aromatic hydroxyl groups is 2. The highest BCUT2D eigenvalue weighted by atomic mass is 16.4. The van der Waals surface area contributed by atoms with Crippen LogP contribution in [0, 0.1) is 0 Å². The van der Waals surface area contributed by atoms with Crippen molar-refractivity contribution in [2.24, 2.45) is 0 Å². The van der Waals surface area contributed by atoms with Crippen LogP contribution in [0.25, 0.3) is 0 Å². The van der Waals surface area contributed by atoms with Gasteiger partial charge >= 0.3 is 12.0 Å². The highest BCUT2D eigenvalue weighted by Gasteiger charge is 2.23. The molecule has 1 atom stereocenters. The molecule has 4 N–H and O–H groups in total. The Labute approximate surface area is 122 Å². The lowest BCUT2D eigenvalue weighted by molar-refractivity contribution is -0.139. The minimum Gasteiger partial charge on any atom is -0.504 e. The minimum atomic E-state index is -1.17. The second-order valence-electron chi connectivity index (χ2n) is 5.07. The fraction of sp³-hybridized carbons (Fsp3) is 0.429. The number of rotatable bonds is 5. The van der Waals surface area contributed by atoms with Gasteiger partial charge in [-0.1, -0.05) is 6.07 Å². The lowest BCUT2D eigenvalue weighted by Crippen LogP contribution is -2.49. The first-order valence-corrected chi connectivity index (χ1v) is 6.49. The normalized spacial score (nSPS) is 12.0. The van der Waals surface area contributed by atoms with Crippen molar-refractivity contribution in [3.05, 3.63) is 23.8 Å². The number of carbonyl (C=O) groups excluding carboxylic acids is 1. The number of hydrogen-bond acceptors (Lipinski definition) is 4. The SMILES string of the molecule is CC(C)N(C)C(=O)N[C@@H](Cc1ccc(O)c(O)c1)C(=O)O. The summed E-state index contributed by atoms with van der Waals surface area (Å²) in [5, 5.41) is 30.2. The Hall–Kier alpha value is -2.44. The molecule has 0 fully saturated rings. The summed E-state index contributed by atoms with van der Waals surface area (Å²) in [7, 11) is 1.57. The van der Waals surface area contributed by atoms with Gasteiger partial charge in [-0.15, -0.1) is 0 Å². The highest BCUT2D eigenvalue weighted by molar-refractivity contribution is 5.82. The molecule has 0 spiro atoms. The largest absolute Gasteiger partial charge is 0.504 e. The summed E-state index contributed by atoms with van der Waals surface area (Å²) < 4.78 is 0. The summed E-state index contributed by atoms with van der Waals surface area (Å²) in [4.78, 5) is 24.5. The van der Waals surface area contributed by atoms with Gasteiger partial charge in [0.1, 0.15) is 6.04 Å². The maximum atomic E-state index is 11.9. The molecule has 0 radical (unpaired) electrons. The number of nitrogens with one attached hydrogen (secondary N) is 1. The molecule has 7 heteroatoms. The van der Waals surface area contributed by atoms with Crippen molar-refractivity contribution in [3.63, 3.8) is 0 Å². The van der Waals surface area contributed by atoms with Crippen LogP contribution in [-0.4, -0.2) is 51.4 Å². The number of urea groups is 1. The molecule has 0 bridgehead atoms. The van der Waals surface area contributed by atoms with Crippen molar-refractivity contribution in [1.29, 1.82) is 0 Å². The standard InChI is InChI=1S/C14H20N2O5/c1-8(2)16(3)14(21)15-10(13(19)20)6-9-4-5-11(17)12(18)7-9/h4-5,7-8,10,17-18H,6H2,1-3H3,(H,15,21)(H,19,20)/t10-/m0/s1. The van der Waals surface area contributed by atoms with Gasteiger partial charge < -0.3 is 25.5 Å². The Morgan fingerprint density at radius 1 is 1.24 bits per heavy atom. The van der Waals surface area contributed by atoms with Gasteiger partial charge in [0, 0.05) is 19.5 Å². The van der Waals surface area contributed by atoms with E-state index in [0.29, 0.717) is 5.56 Å². The summed E-state index contributed by atoms with van der Waals surface area (Å²) in [6.07, 6.45) is 0.000842. The third-order valence-electron chi connectivity index (χ3n) is 3.17. The maximum Gasteiger partial charge on any atom is 0.326 e. The molecule has 0 aliphatic carbocycles. The number of hydrogen-bond donors (Lipinski definition) is 4. The Balaban J connectivity index is 2.81. The fourth-order valence-electron chi connectivity index (χ4n) is 1.62. The first-order valence-electron chi connectivity index (χ1n) is 6.49. The minimum absolute atomic E-state index is 0.000842. The molecule has 1 aromatic carbocycles. The van der Waals surface area contributed by atoms with Crippen LogP contribution < -0.4 is 5.32 Å². The second-order valence-corrected chi connectivity index (χ2v) is 5.07. The molecule has 0 saturated carbocycles. The zero-order valence-electron chi connectivity index (χ0n) is 12.2. The quantitative estimate of drug-likeness (QED) is 0.609. The molecule has 0 saturated heterocycles. The fourth-order valence-corrected chi connectivity index (χ4v) is 1.62. The first-order chi connectivity index (χ1) is 9.72. The van der Waals surface area contributed by atoms with E-state index in [2.05, 4.69) is 5.32 Å². The smallest absolute Gasteiger partial charge is 0.326 e. The predicted octanol–water partition coefficient (Wildman–Crippen LogP) is 1.14. The third-order valence-corrected chi connectivity index (χ3v) is 3.17. The van der Waals surface area contributed by atoms with Crippen molar-refractivity contribution in [1.82, 2.24) is 10.2 Å². The zero-order chi connectivity index (χ0) is 16.2. The number of phenols is 2. The van der Waals surface area contributed by atoms with Crippen molar-refractivity contribution in [3.8, 4) is 11.5 Å². The van der Waals surface area contributed by atoms with Crippen LogP contribution in [0.1, 0.15) is 19.4 Å². The maximum absolute atomic E-state index is 11.9. The van der Waals surface area contributed by atoms with E-state index < -0.39 is 18.0 Å². The molecule has 0 aliphatic heterocycles. The number of carboxylic acids is 1. The molecule has 21 heavy (non-hydrogen) atoms. The van der Waals surface area contributed by atoms with Gasteiger partial charge in [0.15, 0.2) is 11.5 Å². The Morgan fingerprint density at radius 2 is 1.86 bits per heavy atom. The van der Waals surface area contributed by atoms with E-state index in [4.69, 9.17) is 0 Å². The molecule has 0 aromatic heterocycles.